The molecule has 0 saturated carbocycles. The van der Waals surface area contributed by atoms with E-state index in [9.17, 15) is 0 Å². The molecule has 31 heavy (non-hydrogen) atoms. The molecule has 0 amide bonds. The first-order chi connectivity index (χ1) is 14.6. The van der Waals surface area contributed by atoms with Gasteiger partial charge in [0.25, 0.3) is 0 Å². The summed E-state index contributed by atoms with van der Waals surface area (Å²) in [5, 5.41) is 10.9. The van der Waals surface area contributed by atoms with Crippen LogP contribution >= 0.6 is 24.0 Å². The summed E-state index contributed by atoms with van der Waals surface area (Å²) in [5.41, 5.74) is 1.30. The number of hydrogen-bond acceptors (Lipinski definition) is 5. The van der Waals surface area contributed by atoms with Gasteiger partial charge in [-0.2, -0.15) is 0 Å². The van der Waals surface area contributed by atoms with Crippen LogP contribution in [0.25, 0.3) is 0 Å². The van der Waals surface area contributed by atoms with Gasteiger partial charge in [0, 0.05) is 71.7 Å². The number of likely N-dealkylation sites (N-methyl/N-ethyl adjacent to an activating group) is 1. The Bertz CT molecular complexity index is 611. The van der Waals surface area contributed by atoms with Crippen LogP contribution in [-0.2, 0) is 9.47 Å². The van der Waals surface area contributed by atoms with Gasteiger partial charge in [-0.3, -0.25) is 4.99 Å². The normalized spacial score (nSPS) is 17.1. The molecule has 1 aliphatic heterocycles. The number of guanidine groups is 1. The third-order valence-electron chi connectivity index (χ3n) is 5.76. The van der Waals surface area contributed by atoms with E-state index < -0.39 is 0 Å². The van der Waals surface area contributed by atoms with Crippen molar-refractivity contribution >= 4 is 29.9 Å². The van der Waals surface area contributed by atoms with Gasteiger partial charge in [-0.05, 0) is 38.8 Å². The maximum Gasteiger partial charge on any atom is 0.191 e. The molecule has 1 aliphatic rings. The highest BCUT2D eigenvalue weighted by Gasteiger charge is 2.34. The number of halogens is 1. The summed E-state index contributed by atoms with van der Waals surface area (Å²) in [6.45, 7) is 8.28. The smallest absolute Gasteiger partial charge is 0.191 e. The number of benzene rings is 1. The second kappa shape index (κ2) is 15.8. The van der Waals surface area contributed by atoms with E-state index >= 15 is 0 Å². The number of methoxy groups -OCH3 is 1. The van der Waals surface area contributed by atoms with Gasteiger partial charge in [0.05, 0.1) is 0 Å². The Hall–Kier alpha value is -0.940. The molecule has 1 unspecified atom stereocenters. The van der Waals surface area contributed by atoms with Crippen LogP contribution in [0.5, 0.6) is 0 Å². The van der Waals surface area contributed by atoms with Gasteiger partial charge in [-0.1, -0.05) is 30.3 Å². The Morgan fingerprint density at radius 2 is 1.90 bits per heavy atom. The molecule has 1 saturated heterocycles. The van der Waals surface area contributed by atoms with Gasteiger partial charge in [0.1, 0.15) is 0 Å². The molecule has 0 spiro atoms. The number of aliphatic imine (C=N–C) groups is 1. The van der Waals surface area contributed by atoms with Crippen molar-refractivity contribution in [1.29, 1.82) is 0 Å². The molecule has 1 fully saturated rings. The van der Waals surface area contributed by atoms with Crippen molar-refractivity contribution in [2.75, 3.05) is 67.2 Å². The Balaban J connectivity index is 0.00000480. The van der Waals surface area contributed by atoms with Gasteiger partial charge in [-0.15, -0.1) is 24.0 Å². The van der Waals surface area contributed by atoms with Gasteiger partial charge in [0.2, 0.25) is 0 Å². The van der Waals surface area contributed by atoms with Crippen LogP contribution < -0.4 is 16.0 Å². The molecule has 2 rings (SSSR count). The summed E-state index contributed by atoms with van der Waals surface area (Å²) in [5.74, 6) is 0.848. The molecule has 1 heterocycles. The van der Waals surface area contributed by atoms with Crippen LogP contribution in [0.15, 0.2) is 35.3 Å². The van der Waals surface area contributed by atoms with Crippen LogP contribution in [0.3, 0.4) is 0 Å². The first-order valence-corrected chi connectivity index (χ1v) is 11.1. The first kappa shape index (κ1) is 28.1. The van der Waals surface area contributed by atoms with Crippen molar-refractivity contribution in [2.45, 2.75) is 37.8 Å². The second-order valence-corrected chi connectivity index (χ2v) is 8.17. The summed E-state index contributed by atoms with van der Waals surface area (Å²) in [4.78, 5) is 6.72. The molecule has 1 atom stereocenters. The van der Waals surface area contributed by atoms with Crippen molar-refractivity contribution in [3.63, 3.8) is 0 Å². The van der Waals surface area contributed by atoms with Crippen LogP contribution in [-0.4, -0.2) is 83.6 Å². The van der Waals surface area contributed by atoms with Crippen LogP contribution in [0.2, 0.25) is 0 Å². The second-order valence-electron chi connectivity index (χ2n) is 8.17. The molecule has 1 aromatic carbocycles. The van der Waals surface area contributed by atoms with E-state index in [-0.39, 0.29) is 35.6 Å². The van der Waals surface area contributed by atoms with E-state index in [0.29, 0.717) is 0 Å². The number of rotatable bonds is 12. The average molecular weight is 548 g/mol. The summed E-state index contributed by atoms with van der Waals surface area (Å²) in [7, 11) is 5.71. The standard InChI is InChI=1S/C23H41N5O2.HI/c1-20(21-9-6-5-7-10-21)27-23(11-17-30-18-12-23)19-26-22(24-2)25-13-15-28(3)14-8-16-29-4;/h5-7,9-10,20,27H,8,11-19H2,1-4H3,(H2,24,25,26);1H. The quantitative estimate of drug-likeness (QED) is 0.162. The third kappa shape index (κ3) is 10.5. The van der Waals surface area contributed by atoms with Crippen LogP contribution in [0, 0.1) is 0 Å². The topological polar surface area (TPSA) is 70.2 Å². The Morgan fingerprint density at radius 1 is 1.19 bits per heavy atom. The van der Waals surface area contributed by atoms with E-state index in [2.05, 4.69) is 70.1 Å². The molecule has 178 valence electrons. The van der Waals surface area contributed by atoms with Crippen molar-refractivity contribution in [2.24, 2.45) is 4.99 Å². The monoisotopic (exact) mass is 547 g/mol. The van der Waals surface area contributed by atoms with Gasteiger partial charge in [0.15, 0.2) is 5.96 Å². The maximum absolute atomic E-state index is 5.65. The number of nitrogens with zero attached hydrogens (tertiary/aromatic N) is 2. The van der Waals surface area contributed by atoms with E-state index in [1.165, 1.54) is 5.56 Å². The van der Waals surface area contributed by atoms with Crippen molar-refractivity contribution in [1.82, 2.24) is 20.9 Å². The lowest BCUT2D eigenvalue weighted by Crippen LogP contribution is -2.58. The fraction of sp³-hybridized carbons (Fsp3) is 0.696. The van der Waals surface area contributed by atoms with Crippen LogP contribution in [0.1, 0.15) is 37.8 Å². The zero-order valence-electron chi connectivity index (χ0n) is 19.7. The lowest BCUT2D eigenvalue weighted by atomic mass is 9.88. The fourth-order valence-electron chi connectivity index (χ4n) is 3.85. The highest BCUT2D eigenvalue weighted by Crippen LogP contribution is 2.25. The Morgan fingerprint density at radius 3 is 2.55 bits per heavy atom. The van der Waals surface area contributed by atoms with Gasteiger partial charge >= 0.3 is 0 Å². The predicted molar refractivity (Wildman–Crippen MR) is 140 cm³/mol. The molecule has 0 bridgehead atoms. The van der Waals surface area contributed by atoms with Gasteiger partial charge in [-0.25, -0.2) is 0 Å². The minimum absolute atomic E-state index is 0. The van der Waals surface area contributed by atoms with E-state index in [0.717, 1.165) is 71.2 Å². The first-order valence-electron chi connectivity index (χ1n) is 11.1. The molecular formula is C23H42IN5O2. The molecule has 8 heteroatoms. The molecule has 7 nitrogen and oxygen atoms in total. The molecule has 3 N–H and O–H groups in total. The maximum atomic E-state index is 5.65. The zero-order chi connectivity index (χ0) is 21.7. The summed E-state index contributed by atoms with van der Waals surface area (Å²) >= 11 is 0. The third-order valence-corrected chi connectivity index (χ3v) is 5.76. The van der Waals surface area contributed by atoms with E-state index in [4.69, 9.17) is 9.47 Å². The lowest BCUT2D eigenvalue weighted by molar-refractivity contribution is 0.0355. The Labute approximate surface area is 205 Å². The molecule has 1 aromatic rings. The molecular weight excluding hydrogens is 505 g/mol. The average Bonchev–Trinajstić information content (AvgIpc) is 2.77. The molecule has 0 radical (unpaired) electrons. The fourth-order valence-corrected chi connectivity index (χ4v) is 3.85. The predicted octanol–water partition coefficient (Wildman–Crippen LogP) is 2.64. The van der Waals surface area contributed by atoms with Crippen molar-refractivity contribution in [3.8, 4) is 0 Å². The van der Waals surface area contributed by atoms with E-state index in [1.807, 2.05) is 7.05 Å². The Kier molecular flexibility index (Phi) is 14.3. The van der Waals surface area contributed by atoms with Crippen LogP contribution in [0.4, 0.5) is 0 Å². The zero-order valence-corrected chi connectivity index (χ0v) is 22.0. The lowest BCUT2D eigenvalue weighted by Gasteiger charge is -2.41. The number of ether oxygens (including phenoxy) is 2. The minimum Gasteiger partial charge on any atom is -0.385 e. The minimum atomic E-state index is -0.0118. The highest BCUT2D eigenvalue weighted by atomic mass is 127. The molecule has 0 aliphatic carbocycles. The van der Waals surface area contributed by atoms with E-state index in [1.54, 1.807) is 7.11 Å². The van der Waals surface area contributed by atoms with Crippen molar-refractivity contribution in [3.05, 3.63) is 35.9 Å². The number of nitrogens with one attached hydrogen (secondary N) is 3. The largest absolute Gasteiger partial charge is 0.385 e. The summed E-state index contributed by atoms with van der Waals surface area (Å²) < 4.78 is 10.8. The number of hydrogen-bond donors (Lipinski definition) is 3. The highest BCUT2D eigenvalue weighted by molar-refractivity contribution is 14.0. The SMILES string of the molecule is CN=C(NCCN(C)CCCOC)NCC1(NC(C)c2ccccc2)CCOCC1.I. The van der Waals surface area contributed by atoms with Gasteiger partial charge < -0.3 is 30.3 Å². The summed E-state index contributed by atoms with van der Waals surface area (Å²) in [6.07, 6.45) is 3.02. The molecule has 0 aromatic heterocycles. The van der Waals surface area contributed by atoms with Crippen molar-refractivity contribution < 1.29 is 9.47 Å². The summed E-state index contributed by atoms with van der Waals surface area (Å²) in [6, 6.07) is 10.9.